The van der Waals surface area contributed by atoms with Crippen LogP contribution >= 0.6 is 11.8 Å². The van der Waals surface area contributed by atoms with Gasteiger partial charge in [-0.05, 0) is 30.8 Å². The van der Waals surface area contributed by atoms with Crippen molar-refractivity contribution >= 4 is 34.3 Å². The van der Waals surface area contributed by atoms with Crippen LogP contribution in [0.5, 0.6) is 11.6 Å². The normalized spacial score (nSPS) is 10.8. The lowest BCUT2D eigenvalue weighted by Crippen LogP contribution is -2.15. The molecule has 2 N–H and O–H groups in total. The summed E-state index contributed by atoms with van der Waals surface area (Å²) in [7, 11) is 0. The third kappa shape index (κ3) is 5.19. The number of benzene rings is 1. The SMILES string of the molecule is CCNCCSc1ccc(Oc2ccc3ncnc(Nc4cnccn4)c3c2)nc1. The van der Waals surface area contributed by atoms with Crippen molar-refractivity contribution in [3.8, 4) is 11.6 Å². The van der Waals surface area contributed by atoms with Gasteiger partial charge in [-0.1, -0.05) is 6.92 Å². The van der Waals surface area contributed by atoms with Crippen LogP contribution in [0.15, 0.2) is 66.3 Å². The highest BCUT2D eigenvalue weighted by atomic mass is 32.2. The first-order chi connectivity index (χ1) is 14.8. The summed E-state index contributed by atoms with van der Waals surface area (Å²) < 4.78 is 5.95. The molecule has 152 valence electrons. The second-order valence-electron chi connectivity index (χ2n) is 6.25. The monoisotopic (exact) mass is 419 g/mol. The van der Waals surface area contributed by atoms with Gasteiger partial charge in [-0.2, -0.15) is 0 Å². The molecule has 0 saturated heterocycles. The summed E-state index contributed by atoms with van der Waals surface area (Å²) in [6.07, 6.45) is 8.21. The van der Waals surface area contributed by atoms with Crippen LogP contribution in [-0.2, 0) is 0 Å². The predicted molar refractivity (Wildman–Crippen MR) is 118 cm³/mol. The van der Waals surface area contributed by atoms with Crippen LogP contribution in [0.4, 0.5) is 11.6 Å². The number of ether oxygens (including phenoxy) is 1. The Labute approximate surface area is 178 Å². The first-order valence-electron chi connectivity index (χ1n) is 9.57. The molecule has 3 aromatic heterocycles. The number of anilines is 2. The van der Waals surface area contributed by atoms with Crippen molar-refractivity contribution in [3.05, 3.63) is 61.4 Å². The van der Waals surface area contributed by atoms with Crippen LogP contribution in [0.3, 0.4) is 0 Å². The summed E-state index contributed by atoms with van der Waals surface area (Å²) in [5.74, 6) is 3.42. The van der Waals surface area contributed by atoms with Crippen LogP contribution in [0, 0.1) is 0 Å². The number of aromatic nitrogens is 5. The number of nitrogens with one attached hydrogen (secondary N) is 2. The number of hydrogen-bond donors (Lipinski definition) is 2. The molecule has 0 bridgehead atoms. The number of thioether (sulfide) groups is 1. The Bertz CT molecular complexity index is 1090. The molecule has 9 heteroatoms. The Morgan fingerprint density at radius 1 is 1.00 bits per heavy atom. The average molecular weight is 420 g/mol. The molecule has 0 radical (unpaired) electrons. The van der Waals surface area contributed by atoms with E-state index in [1.807, 2.05) is 36.5 Å². The van der Waals surface area contributed by atoms with E-state index < -0.39 is 0 Å². The lowest BCUT2D eigenvalue weighted by Gasteiger charge is -2.10. The fraction of sp³-hybridized carbons (Fsp3) is 0.190. The summed E-state index contributed by atoms with van der Waals surface area (Å²) in [6, 6.07) is 9.53. The lowest BCUT2D eigenvalue weighted by atomic mass is 10.2. The molecule has 0 atom stereocenters. The maximum Gasteiger partial charge on any atom is 0.219 e. The van der Waals surface area contributed by atoms with Gasteiger partial charge in [0.1, 0.15) is 23.7 Å². The number of rotatable bonds is 9. The summed E-state index contributed by atoms with van der Waals surface area (Å²) in [5, 5.41) is 7.29. The van der Waals surface area contributed by atoms with E-state index in [9.17, 15) is 0 Å². The zero-order valence-electron chi connectivity index (χ0n) is 16.4. The van der Waals surface area contributed by atoms with Crippen molar-refractivity contribution in [1.82, 2.24) is 30.2 Å². The Kier molecular flexibility index (Phi) is 6.63. The Hall–Kier alpha value is -3.30. The van der Waals surface area contributed by atoms with Gasteiger partial charge in [0.15, 0.2) is 0 Å². The van der Waals surface area contributed by atoms with Crippen LogP contribution in [0.2, 0.25) is 0 Å². The van der Waals surface area contributed by atoms with E-state index in [1.165, 1.54) is 6.33 Å². The van der Waals surface area contributed by atoms with Gasteiger partial charge in [-0.3, -0.25) is 4.98 Å². The summed E-state index contributed by atoms with van der Waals surface area (Å²) >= 11 is 1.76. The molecule has 1 aromatic carbocycles. The van der Waals surface area contributed by atoms with Crippen molar-refractivity contribution in [2.75, 3.05) is 24.2 Å². The lowest BCUT2D eigenvalue weighted by molar-refractivity contribution is 0.463. The minimum atomic E-state index is 0.533. The first kappa shape index (κ1) is 20.0. The van der Waals surface area contributed by atoms with E-state index >= 15 is 0 Å². The predicted octanol–water partition coefficient (Wildman–Crippen LogP) is 4.05. The summed E-state index contributed by atoms with van der Waals surface area (Å²) in [4.78, 5) is 22.5. The van der Waals surface area contributed by atoms with Crippen LogP contribution in [0.25, 0.3) is 10.9 Å². The molecule has 0 spiro atoms. The van der Waals surface area contributed by atoms with Gasteiger partial charge in [0.25, 0.3) is 0 Å². The molecule has 3 heterocycles. The molecule has 4 rings (SSSR count). The minimum absolute atomic E-state index is 0.533. The quantitative estimate of drug-likeness (QED) is 0.307. The molecular formula is C21H21N7OS. The van der Waals surface area contributed by atoms with E-state index in [0.717, 1.165) is 34.6 Å². The van der Waals surface area contributed by atoms with E-state index in [4.69, 9.17) is 4.74 Å². The molecular weight excluding hydrogens is 398 g/mol. The highest BCUT2D eigenvalue weighted by Gasteiger charge is 2.08. The van der Waals surface area contributed by atoms with Crippen molar-refractivity contribution in [3.63, 3.8) is 0 Å². The van der Waals surface area contributed by atoms with Crippen molar-refractivity contribution < 1.29 is 4.74 Å². The molecule has 8 nitrogen and oxygen atoms in total. The van der Waals surface area contributed by atoms with E-state index in [-0.39, 0.29) is 0 Å². The molecule has 30 heavy (non-hydrogen) atoms. The molecule has 0 unspecified atom stereocenters. The molecule has 0 amide bonds. The highest BCUT2D eigenvalue weighted by Crippen LogP contribution is 2.29. The molecule has 0 aliphatic rings. The van der Waals surface area contributed by atoms with Gasteiger partial charge in [0.05, 0.1) is 11.7 Å². The number of fused-ring (bicyclic) bond motifs is 1. The number of pyridine rings is 1. The number of nitrogens with zero attached hydrogens (tertiary/aromatic N) is 5. The minimum Gasteiger partial charge on any atom is -0.439 e. The van der Waals surface area contributed by atoms with Gasteiger partial charge in [-0.25, -0.2) is 19.9 Å². The third-order valence-electron chi connectivity index (χ3n) is 4.15. The molecule has 0 aliphatic heterocycles. The fourth-order valence-corrected chi connectivity index (χ4v) is 3.51. The Morgan fingerprint density at radius 2 is 1.97 bits per heavy atom. The third-order valence-corrected chi connectivity index (χ3v) is 5.13. The highest BCUT2D eigenvalue weighted by molar-refractivity contribution is 7.99. The number of hydrogen-bond acceptors (Lipinski definition) is 9. The van der Waals surface area contributed by atoms with Gasteiger partial charge >= 0.3 is 0 Å². The zero-order chi connectivity index (χ0) is 20.6. The Balaban J connectivity index is 1.48. The largest absolute Gasteiger partial charge is 0.439 e. The van der Waals surface area contributed by atoms with Crippen molar-refractivity contribution in [2.45, 2.75) is 11.8 Å². The van der Waals surface area contributed by atoms with E-state index in [0.29, 0.717) is 23.3 Å². The van der Waals surface area contributed by atoms with Gasteiger partial charge in [-0.15, -0.1) is 11.8 Å². The van der Waals surface area contributed by atoms with Crippen LogP contribution in [0.1, 0.15) is 6.92 Å². The fourth-order valence-electron chi connectivity index (χ4n) is 2.73. The molecule has 0 fully saturated rings. The summed E-state index contributed by atoms with van der Waals surface area (Å²) in [6.45, 7) is 4.06. The van der Waals surface area contributed by atoms with E-state index in [2.05, 4.69) is 42.5 Å². The average Bonchev–Trinajstić information content (AvgIpc) is 2.79. The van der Waals surface area contributed by atoms with Crippen LogP contribution < -0.4 is 15.4 Å². The maximum atomic E-state index is 5.95. The maximum absolute atomic E-state index is 5.95. The van der Waals surface area contributed by atoms with E-state index in [1.54, 1.807) is 30.4 Å². The van der Waals surface area contributed by atoms with Crippen molar-refractivity contribution in [1.29, 1.82) is 0 Å². The Morgan fingerprint density at radius 3 is 2.77 bits per heavy atom. The topological polar surface area (TPSA) is 97.7 Å². The molecule has 0 saturated carbocycles. The van der Waals surface area contributed by atoms with Crippen LogP contribution in [-0.4, -0.2) is 43.8 Å². The zero-order valence-corrected chi connectivity index (χ0v) is 17.3. The second kappa shape index (κ2) is 9.95. The van der Waals surface area contributed by atoms with Gasteiger partial charge in [0, 0.05) is 47.2 Å². The van der Waals surface area contributed by atoms with Gasteiger partial charge in [0.2, 0.25) is 5.88 Å². The van der Waals surface area contributed by atoms with Gasteiger partial charge < -0.3 is 15.4 Å². The first-order valence-corrected chi connectivity index (χ1v) is 10.6. The summed E-state index contributed by atoms with van der Waals surface area (Å²) in [5.41, 5.74) is 0.795. The van der Waals surface area contributed by atoms with Crippen molar-refractivity contribution in [2.24, 2.45) is 0 Å². The smallest absolute Gasteiger partial charge is 0.219 e. The second-order valence-corrected chi connectivity index (χ2v) is 7.42. The molecule has 0 aliphatic carbocycles. The standard InChI is InChI=1S/C21H21N7OS/c1-2-22-9-10-30-16-4-6-20(25-12-16)29-15-3-5-18-17(11-15)21(27-14-26-18)28-19-13-23-7-8-24-19/h3-8,11-14,22H,2,9-10H2,1H3,(H,24,26,27,28). The molecule has 4 aromatic rings.